The van der Waals surface area contributed by atoms with Crippen LogP contribution in [-0.2, 0) is 0 Å². The molecule has 2 aliphatic heterocycles. The Morgan fingerprint density at radius 1 is 1.29 bits per heavy atom. The molecule has 2 heterocycles. The van der Waals surface area contributed by atoms with Gasteiger partial charge in [0.1, 0.15) is 6.17 Å². The maximum Gasteiger partial charge on any atom is 0.115 e. The fraction of sp³-hybridized carbons (Fsp3) is 1.00. The number of fused-ring (bicyclic) bond motifs is 1. The predicted octanol–water partition coefficient (Wildman–Crippen LogP) is 3.00. The molecule has 2 atom stereocenters. The highest BCUT2D eigenvalue weighted by Gasteiger charge is 2.59. The van der Waals surface area contributed by atoms with Crippen molar-refractivity contribution in [2.24, 2.45) is 5.41 Å². The first-order valence-electron chi connectivity index (χ1n) is 6.01. The molecule has 0 aromatic carbocycles. The summed E-state index contributed by atoms with van der Waals surface area (Å²) in [4.78, 5) is 2.39. The van der Waals surface area contributed by atoms with Crippen molar-refractivity contribution in [3.63, 3.8) is 0 Å². The second-order valence-electron chi connectivity index (χ2n) is 5.36. The molecule has 82 valence electrons. The van der Waals surface area contributed by atoms with Gasteiger partial charge in [0.25, 0.3) is 0 Å². The minimum Gasteiger partial charge on any atom is -0.294 e. The Morgan fingerprint density at radius 3 is 2.43 bits per heavy atom. The SMILES string of the molecule is CC.CC12CC(F)CN1CC1(CC1)C2. The first kappa shape index (κ1) is 10.4. The molecule has 0 aromatic rings. The lowest BCUT2D eigenvalue weighted by Gasteiger charge is -2.25. The molecule has 0 amide bonds. The minimum atomic E-state index is -0.550. The van der Waals surface area contributed by atoms with E-state index in [1.807, 2.05) is 13.8 Å². The molecule has 1 spiro atoms. The zero-order valence-corrected chi connectivity index (χ0v) is 9.65. The monoisotopic (exact) mass is 199 g/mol. The van der Waals surface area contributed by atoms with Gasteiger partial charge in [0.05, 0.1) is 0 Å². The van der Waals surface area contributed by atoms with E-state index < -0.39 is 6.17 Å². The van der Waals surface area contributed by atoms with Crippen LogP contribution in [0.2, 0.25) is 0 Å². The van der Waals surface area contributed by atoms with E-state index in [1.165, 1.54) is 25.8 Å². The Balaban J connectivity index is 0.000000354. The molecule has 3 fully saturated rings. The molecule has 1 saturated carbocycles. The van der Waals surface area contributed by atoms with E-state index >= 15 is 0 Å². The molecule has 1 aliphatic carbocycles. The first-order valence-corrected chi connectivity index (χ1v) is 6.01. The zero-order valence-electron chi connectivity index (χ0n) is 9.65. The topological polar surface area (TPSA) is 3.24 Å². The normalized spacial score (nSPS) is 43.3. The molecular formula is C12H22FN. The van der Waals surface area contributed by atoms with E-state index in [0.29, 0.717) is 12.0 Å². The number of halogens is 1. The van der Waals surface area contributed by atoms with Crippen LogP contribution >= 0.6 is 0 Å². The Labute approximate surface area is 86.7 Å². The van der Waals surface area contributed by atoms with Crippen LogP contribution < -0.4 is 0 Å². The fourth-order valence-electron chi connectivity index (χ4n) is 3.35. The second kappa shape index (κ2) is 3.19. The molecule has 3 rings (SSSR count). The lowest BCUT2D eigenvalue weighted by atomic mass is 9.90. The summed E-state index contributed by atoms with van der Waals surface area (Å²) < 4.78 is 13.1. The molecule has 0 N–H and O–H groups in total. The van der Waals surface area contributed by atoms with E-state index in [0.717, 1.165) is 6.42 Å². The van der Waals surface area contributed by atoms with Crippen LogP contribution in [0.25, 0.3) is 0 Å². The average molecular weight is 199 g/mol. The molecule has 3 aliphatic rings. The Bertz CT molecular complexity index is 224. The number of rotatable bonds is 0. The number of alkyl halides is 1. The van der Waals surface area contributed by atoms with Gasteiger partial charge in [-0.05, 0) is 38.0 Å². The van der Waals surface area contributed by atoms with Crippen molar-refractivity contribution < 1.29 is 4.39 Å². The number of nitrogens with zero attached hydrogens (tertiary/aromatic N) is 1. The summed E-state index contributed by atoms with van der Waals surface area (Å²) in [6.45, 7) is 8.14. The van der Waals surface area contributed by atoms with Crippen LogP contribution in [0.15, 0.2) is 0 Å². The zero-order chi connectivity index (χ0) is 10.4. The highest BCUT2D eigenvalue weighted by Crippen LogP contribution is 2.60. The van der Waals surface area contributed by atoms with Gasteiger partial charge in [0.15, 0.2) is 0 Å². The molecule has 1 nitrogen and oxygen atoms in total. The van der Waals surface area contributed by atoms with Gasteiger partial charge in [-0.2, -0.15) is 0 Å². The molecule has 0 radical (unpaired) electrons. The van der Waals surface area contributed by atoms with Crippen molar-refractivity contribution in [3.8, 4) is 0 Å². The van der Waals surface area contributed by atoms with Crippen LogP contribution in [0.3, 0.4) is 0 Å². The molecule has 14 heavy (non-hydrogen) atoms. The van der Waals surface area contributed by atoms with Gasteiger partial charge in [-0.15, -0.1) is 0 Å². The summed E-state index contributed by atoms with van der Waals surface area (Å²) in [5.74, 6) is 0. The van der Waals surface area contributed by atoms with E-state index in [-0.39, 0.29) is 5.54 Å². The summed E-state index contributed by atoms with van der Waals surface area (Å²) in [5, 5.41) is 0. The van der Waals surface area contributed by atoms with Gasteiger partial charge >= 0.3 is 0 Å². The third-order valence-electron chi connectivity index (χ3n) is 4.08. The van der Waals surface area contributed by atoms with Crippen molar-refractivity contribution in [1.82, 2.24) is 4.90 Å². The lowest BCUT2D eigenvalue weighted by Crippen LogP contribution is -2.34. The third-order valence-corrected chi connectivity index (χ3v) is 4.08. The summed E-state index contributed by atoms with van der Waals surface area (Å²) >= 11 is 0. The summed E-state index contributed by atoms with van der Waals surface area (Å²) in [7, 11) is 0. The molecule has 2 heteroatoms. The van der Waals surface area contributed by atoms with Crippen molar-refractivity contribution in [3.05, 3.63) is 0 Å². The number of hydrogen-bond acceptors (Lipinski definition) is 1. The van der Waals surface area contributed by atoms with Crippen molar-refractivity contribution in [2.45, 2.75) is 58.2 Å². The van der Waals surface area contributed by atoms with E-state index in [4.69, 9.17) is 0 Å². The van der Waals surface area contributed by atoms with Gasteiger partial charge in [0, 0.05) is 18.6 Å². The fourth-order valence-corrected chi connectivity index (χ4v) is 3.35. The average Bonchev–Trinajstić information content (AvgIpc) is 2.72. The maximum atomic E-state index is 13.1. The van der Waals surface area contributed by atoms with Crippen LogP contribution in [0.4, 0.5) is 4.39 Å². The van der Waals surface area contributed by atoms with Gasteiger partial charge in [-0.25, -0.2) is 4.39 Å². The van der Waals surface area contributed by atoms with E-state index in [2.05, 4.69) is 11.8 Å². The van der Waals surface area contributed by atoms with Gasteiger partial charge in [0.2, 0.25) is 0 Å². The van der Waals surface area contributed by atoms with E-state index in [1.54, 1.807) is 0 Å². The highest BCUT2D eigenvalue weighted by molar-refractivity contribution is 5.13. The molecule has 2 saturated heterocycles. The summed E-state index contributed by atoms with van der Waals surface area (Å²) in [5.41, 5.74) is 0.880. The lowest BCUT2D eigenvalue weighted by molar-refractivity contribution is 0.216. The van der Waals surface area contributed by atoms with Crippen LogP contribution in [-0.4, -0.2) is 29.7 Å². The van der Waals surface area contributed by atoms with E-state index in [9.17, 15) is 4.39 Å². The predicted molar refractivity (Wildman–Crippen MR) is 57.1 cm³/mol. The minimum absolute atomic E-state index is 0.232. The van der Waals surface area contributed by atoms with Crippen LogP contribution in [0.1, 0.15) is 46.5 Å². The Morgan fingerprint density at radius 2 is 1.93 bits per heavy atom. The van der Waals surface area contributed by atoms with Gasteiger partial charge in [-0.1, -0.05) is 13.8 Å². The molecule has 0 bridgehead atoms. The van der Waals surface area contributed by atoms with Gasteiger partial charge < -0.3 is 0 Å². The van der Waals surface area contributed by atoms with Gasteiger partial charge in [-0.3, -0.25) is 4.90 Å². The second-order valence-corrected chi connectivity index (χ2v) is 5.36. The van der Waals surface area contributed by atoms with Crippen molar-refractivity contribution >= 4 is 0 Å². The number of hydrogen-bond donors (Lipinski definition) is 0. The molecular weight excluding hydrogens is 177 g/mol. The van der Waals surface area contributed by atoms with Crippen LogP contribution in [0.5, 0.6) is 0 Å². The summed E-state index contributed by atoms with van der Waals surface area (Å²) in [6.07, 6.45) is 4.30. The van der Waals surface area contributed by atoms with Crippen molar-refractivity contribution in [2.75, 3.05) is 13.1 Å². The smallest absolute Gasteiger partial charge is 0.115 e. The highest BCUT2D eigenvalue weighted by atomic mass is 19.1. The third kappa shape index (κ3) is 1.48. The quantitative estimate of drug-likeness (QED) is 0.579. The Kier molecular flexibility index (Phi) is 2.37. The maximum absolute atomic E-state index is 13.1. The molecule has 0 aromatic heterocycles. The summed E-state index contributed by atoms with van der Waals surface area (Å²) in [6, 6.07) is 0. The first-order chi connectivity index (χ1) is 6.62. The molecule has 2 unspecified atom stereocenters. The van der Waals surface area contributed by atoms with Crippen LogP contribution in [0, 0.1) is 5.41 Å². The largest absolute Gasteiger partial charge is 0.294 e. The Hall–Kier alpha value is -0.110. The standard InChI is InChI=1S/C10H16FN.C2H6/c1-9-4-8(11)5-12(9)7-10(6-9)2-3-10;1-2/h8H,2-7H2,1H3;1-2H3. The van der Waals surface area contributed by atoms with Crippen molar-refractivity contribution in [1.29, 1.82) is 0 Å².